The van der Waals surface area contributed by atoms with E-state index in [1.165, 1.54) is 6.92 Å². The topological polar surface area (TPSA) is 26.3 Å². The second kappa shape index (κ2) is 3.77. The second-order valence-corrected chi connectivity index (χ2v) is 3.04. The molecule has 1 rings (SSSR count). The van der Waals surface area contributed by atoms with Crippen molar-refractivity contribution < 1.29 is 9.53 Å². The summed E-state index contributed by atoms with van der Waals surface area (Å²) >= 11 is 3.03. The zero-order chi connectivity index (χ0) is 8.27. The molecule has 1 aliphatic carbocycles. The van der Waals surface area contributed by atoms with E-state index in [2.05, 4.69) is 26.7 Å². The van der Waals surface area contributed by atoms with E-state index in [0.717, 1.165) is 6.42 Å². The fourth-order valence-electron chi connectivity index (χ4n) is 0.903. The Morgan fingerprint density at radius 3 is 3.09 bits per heavy atom. The average Bonchev–Trinajstić information content (AvgIpc) is 2.64. The van der Waals surface area contributed by atoms with Gasteiger partial charge in [0.05, 0.1) is 6.61 Å². The number of esters is 1. The molecule has 0 bridgehead atoms. The first-order valence-electron chi connectivity index (χ1n) is 3.48. The van der Waals surface area contributed by atoms with Gasteiger partial charge in [0.25, 0.3) is 0 Å². The highest BCUT2D eigenvalue weighted by molar-refractivity contribution is 9.12. The van der Waals surface area contributed by atoms with Crippen molar-refractivity contribution in [2.45, 2.75) is 13.3 Å². The van der Waals surface area contributed by atoms with Crippen LogP contribution in [-0.2, 0) is 9.53 Å². The van der Waals surface area contributed by atoms with Crippen LogP contribution in [0.4, 0.5) is 0 Å². The molecule has 0 aromatic carbocycles. The first-order chi connectivity index (χ1) is 5.24. The van der Waals surface area contributed by atoms with Crippen LogP contribution in [0.15, 0.2) is 0 Å². The summed E-state index contributed by atoms with van der Waals surface area (Å²) in [6.45, 7) is 1.95. The van der Waals surface area contributed by atoms with Crippen LogP contribution in [0.1, 0.15) is 13.3 Å². The third kappa shape index (κ3) is 2.94. The molecule has 1 fully saturated rings. The molecule has 1 unspecified atom stereocenters. The zero-order valence-corrected chi connectivity index (χ0v) is 7.85. The van der Waals surface area contributed by atoms with E-state index in [-0.39, 0.29) is 5.97 Å². The van der Waals surface area contributed by atoms with Crippen molar-refractivity contribution in [2.24, 2.45) is 11.8 Å². The lowest BCUT2D eigenvalue weighted by Gasteiger charge is -1.96. The Morgan fingerprint density at radius 1 is 1.82 bits per heavy atom. The van der Waals surface area contributed by atoms with E-state index in [1.807, 2.05) is 0 Å². The smallest absolute Gasteiger partial charge is 0.302 e. The van der Waals surface area contributed by atoms with Gasteiger partial charge in [0.2, 0.25) is 0 Å². The minimum atomic E-state index is -0.206. The van der Waals surface area contributed by atoms with Crippen LogP contribution in [0.5, 0.6) is 0 Å². The summed E-state index contributed by atoms with van der Waals surface area (Å²) < 4.78 is 4.82. The molecule has 0 radical (unpaired) electrons. The van der Waals surface area contributed by atoms with Crippen LogP contribution in [-0.4, -0.2) is 12.6 Å². The highest BCUT2D eigenvalue weighted by Gasteiger charge is 2.36. The van der Waals surface area contributed by atoms with Crippen molar-refractivity contribution in [2.75, 3.05) is 6.61 Å². The fourth-order valence-corrected chi connectivity index (χ4v) is 1.20. The summed E-state index contributed by atoms with van der Waals surface area (Å²) in [7, 11) is 0. The first kappa shape index (κ1) is 8.61. The third-order valence-electron chi connectivity index (χ3n) is 1.66. The molecule has 2 nitrogen and oxygen atoms in total. The molecule has 0 aromatic heterocycles. The first-order valence-corrected chi connectivity index (χ1v) is 4.28. The monoisotopic (exact) mass is 216 g/mol. The van der Waals surface area contributed by atoms with Gasteiger partial charge in [-0.3, -0.25) is 4.79 Å². The lowest BCUT2D eigenvalue weighted by atomic mass is 10.3. The van der Waals surface area contributed by atoms with Gasteiger partial charge in [-0.05, 0) is 11.3 Å². The van der Waals surface area contributed by atoms with Gasteiger partial charge >= 0.3 is 5.97 Å². The normalized spacial score (nSPS) is 26.7. The van der Waals surface area contributed by atoms with Crippen molar-refractivity contribution in [1.29, 1.82) is 0 Å². The van der Waals surface area contributed by atoms with Crippen molar-refractivity contribution in [3.05, 3.63) is 0 Å². The third-order valence-corrected chi connectivity index (χ3v) is 1.89. The summed E-state index contributed by atoms with van der Waals surface area (Å²) in [6, 6.07) is 0. The number of halogens is 1. The molecule has 0 spiro atoms. The van der Waals surface area contributed by atoms with Crippen LogP contribution >= 0.6 is 15.9 Å². The summed E-state index contributed by atoms with van der Waals surface area (Å²) in [6.07, 6.45) is 1.06. The van der Waals surface area contributed by atoms with Gasteiger partial charge in [-0.15, -0.1) is 0 Å². The van der Waals surface area contributed by atoms with Gasteiger partial charge in [-0.25, -0.2) is 0 Å². The predicted octanol–water partition coefficient (Wildman–Crippen LogP) is 1.54. The zero-order valence-electron chi connectivity index (χ0n) is 6.26. The van der Waals surface area contributed by atoms with E-state index in [9.17, 15) is 4.79 Å². The van der Waals surface area contributed by atoms with Gasteiger partial charge in [-0.1, -0.05) is 5.92 Å². The van der Waals surface area contributed by atoms with Crippen LogP contribution in [0, 0.1) is 22.6 Å². The van der Waals surface area contributed by atoms with Crippen molar-refractivity contribution in [1.82, 2.24) is 0 Å². The lowest BCUT2D eigenvalue weighted by Crippen LogP contribution is -2.02. The van der Waals surface area contributed by atoms with Crippen molar-refractivity contribution in [3.63, 3.8) is 0 Å². The molecule has 1 saturated carbocycles. The van der Waals surface area contributed by atoms with Gasteiger partial charge in [0, 0.05) is 34.7 Å². The quantitative estimate of drug-likeness (QED) is 0.518. The van der Waals surface area contributed by atoms with E-state index in [1.54, 1.807) is 0 Å². The molecule has 1 aliphatic rings. The average molecular weight is 217 g/mol. The number of hydrogen-bond acceptors (Lipinski definition) is 2. The highest BCUT2D eigenvalue weighted by atomic mass is 79.9. The van der Waals surface area contributed by atoms with Gasteiger partial charge in [0.1, 0.15) is 0 Å². The van der Waals surface area contributed by atoms with E-state index in [4.69, 9.17) is 4.74 Å². The van der Waals surface area contributed by atoms with E-state index < -0.39 is 0 Å². The van der Waals surface area contributed by atoms with Crippen molar-refractivity contribution >= 4 is 21.9 Å². The molecule has 11 heavy (non-hydrogen) atoms. The van der Waals surface area contributed by atoms with Gasteiger partial charge in [0.15, 0.2) is 0 Å². The molecule has 3 heteroatoms. The molecular formula is C8H9BrO2. The molecule has 0 amide bonds. The minimum Gasteiger partial charge on any atom is -0.466 e. The summed E-state index contributed by atoms with van der Waals surface area (Å²) in [5.41, 5.74) is 0. The van der Waals surface area contributed by atoms with Crippen LogP contribution < -0.4 is 0 Å². The summed E-state index contributed by atoms with van der Waals surface area (Å²) in [5.74, 6) is 3.68. The molecule has 0 aromatic rings. The van der Waals surface area contributed by atoms with Crippen LogP contribution in [0.3, 0.4) is 0 Å². The Morgan fingerprint density at radius 2 is 2.55 bits per heavy atom. The number of carbonyl (C=O) groups excluding carboxylic acids is 1. The second-order valence-electron chi connectivity index (χ2n) is 2.64. The summed E-state index contributed by atoms with van der Waals surface area (Å²) in [5, 5.41) is 0. The molecule has 0 aliphatic heterocycles. The number of hydrogen-bond donors (Lipinski definition) is 0. The Kier molecular flexibility index (Phi) is 2.95. The predicted molar refractivity (Wildman–Crippen MR) is 44.9 cm³/mol. The number of rotatable bonds is 2. The van der Waals surface area contributed by atoms with E-state index in [0.29, 0.717) is 18.4 Å². The lowest BCUT2D eigenvalue weighted by molar-refractivity contribution is -0.141. The molecule has 2 atom stereocenters. The Balaban J connectivity index is 2.12. The maximum Gasteiger partial charge on any atom is 0.302 e. The Hall–Kier alpha value is -0.490. The maximum absolute atomic E-state index is 10.4. The minimum absolute atomic E-state index is 0.206. The van der Waals surface area contributed by atoms with Crippen LogP contribution in [0.25, 0.3) is 0 Å². The molecule has 0 heterocycles. The van der Waals surface area contributed by atoms with Gasteiger partial charge in [-0.2, -0.15) is 0 Å². The summed E-state index contributed by atoms with van der Waals surface area (Å²) in [4.78, 5) is 13.0. The Bertz CT molecular complexity index is 214. The fraction of sp³-hybridized carbons (Fsp3) is 0.625. The van der Waals surface area contributed by atoms with Crippen molar-refractivity contribution in [3.8, 4) is 10.8 Å². The molecule has 0 N–H and O–H groups in total. The molecule has 60 valence electrons. The van der Waals surface area contributed by atoms with Crippen LogP contribution in [0.2, 0.25) is 0 Å². The van der Waals surface area contributed by atoms with Gasteiger partial charge < -0.3 is 4.74 Å². The highest BCUT2D eigenvalue weighted by Crippen LogP contribution is 2.37. The Labute approximate surface area is 74.4 Å². The molecule has 0 saturated heterocycles. The van der Waals surface area contributed by atoms with E-state index >= 15 is 0 Å². The number of ether oxygens (including phenoxy) is 1. The maximum atomic E-state index is 10.4. The number of carbonyl (C=O) groups is 1. The standard InChI is InChI=1S/C8H9BrO2/c1-6(10)11-5-8-4-7(8)2-3-9/h7-8H,4-5H2,1H3/t7-,8?/m1/s1. The molecular weight excluding hydrogens is 208 g/mol. The SMILES string of the molecule is CC(=O)OCC1C[C@H]1C#CBr. The largest absolute Gasteiger partial charge is 0.466 e.